The molecule has 1 aromatic heterocycles. The fourth-order valence-corrected chi connectivity index (χ4v) is 2.66. The van der Waals surface area contributed by atoms with Gasteiger partial charge in [0.15, 0.2) is 0 Å². The predicted octanol–water partition coefficient (Wildman–Crippen LogP) is 4.22. The molecular weight excluding hydrogens is 390 g/mol. The number of halogens is 6. The molecule has 2 aromatic rings. The summed E-state index contributed by atoms with van der Waals surface area (Å²) in [6, 6.07) is 1.85. The minimum Gasteiger partial charge on any atom is -0.493 e. The Morgan fingerprint density at radius 1 is 1.00 bits per heavy atom. The number of aromatic nitrogens is 2. The molecule has 5 nitrogen and oxygen atoms in total. The van der Waals surface area contributed by atoms with Crippen LogP contribution in [-0.2, 0) is 12.4 Å². The summed E-state index contributed by atoms with van der Waals surface area (Å²) >= 11 is 0. The van der Waals surface area contributed by atoms with Crippen LogP contribution in [0.5, 0.6) is 5.88 Å². The molecule has 0 atom stereocenters. The van der Waals surface area contributed by atoms with E-state index >= 15 is 0 Å². The fourth-order valence-electron chi connectivity index (χ4n) is 2.66. The second-order valence-electron chi connectivity index (χ2n) is 6.26. The molecule has 0 amide bonds. The highest BCUT2D eigenvalue weighted by Gasteiger charge is 2.41. The van der Waals surface area contributed by atoms with Crippen molar-refractivity contribution in [3.8, 4) is 17.1 Å². The molecule has 2 N–H and O–H groups in total. The molecule has 0 saturated carbocycles. The molecular formula is C17H17F6N4O+. The Balaban J connectivity index is 2.88. The van der Waals surface area contributed by atoms with Gasteiger partial charge in [0.2, 0.25) is 12.2 Å². The van der Waals surface area contributed by atoms with Crippen LogP contribution in [0, 0.1) is 13.8 Å². The monoisotopic (exact) mass is 407 g/mol. The summed E-state index contributed by atoms with van der Waals surface area (Å²) < 4.78 is 81.9. The third-order valence-corrected chi connectivity index (χ3v) is 3.84. The Hall–Kier alpha value is -2.85. The van der Waals surface area contributed by atoms with E-state index in [0.717, 1.165) is 19.1 Å². The Morgan fingerprint density at radius 2 is 1.61 bits per heavy atom. The quantitative estimate of drug-likeness (QED) is 0.346. The Bertz CT molecular complexity index is 931. The first kappa shape index (κ1) is 21.5. The van der Waals surface area contributed by atoms with Gasteiger partial charge in [-0.15, -0.1) is 0 Å². The zero-order chi connectivity index (χ0) is 21.4. The number of aryl methyl sites for hydroxylation is 1. The van der Waals surface area contributed by atoms with Crippen molar-refractivity contribution in [1.82, 2.24) is 9.97 Å². The van der Waals surface area contributed by atoms with E-state index < -0.39 is 46.6 Å². The normalized spacial score (nSPS) is 12.1. The maximum Gasteiger partial charge on any atom is 0.423 e. The lowest BCUT2D eigenvalue weighted by molar-refractivity contribution is -0.459. The van der Waals surface area contributed by atoms with Crippen LogP contribution in [0.25, 0.3) is 11.3 Å². The van der Waals surface area contributed by atoms with Crippen molar-refractivity contribution in [2.45, 2.75) is 26.2 Å². The molecule has 0 bridgehead atoms. The van der Waals surface area contributed by atoms with Gasteiger partial charge < -0.3 is 5.11 Å². The van der Waals surface area contributed by atoms with Gasteiger partial charge >= 0.3 is 18.3 Å². The third kappa shape index (κ3) is 4.34. The Kier molecular flexibility index (Phi) is 5.58. The highest BCUT2D eigenvalue weighted by atomic mass is 19.4. The smallest absolute Gasteiger partial charge is 0.423 e. The summed E-state index contributed by atoms with van der Waals surface area (Å²) in [7, 11) is 3.22. The van der Waals surface area contributed by atoms with E-state index in [9.17, 15) is 31.4 Å². The van der Waals surface area contributed by atoms with Crippen molar-refractivity contribution in [1.29, 1.82) is 0 Å². The van der Waals surface area contributed by atoms with E-state index in [-0.39, 0.29) is 11.1 Å². The number of nitrogens with one attached hydrogen (secondary N) is 1. The number of hydrogen-bond acceptors (Lipinski definition) is 3. The van der Waals surface area contributed by atoms with Crippen molar-refractivity contribution in [2.75, 3.05) is 19.4 Å². The number of alkyl halides is 6. The zero-order valence-electron chi connectivity index (χ0n) is 15.3. The van der Waals surface area contributed by atoms with Crippen LogP contribution in [0.15, 0.2) is 12.1 Å². The van der Waals surface area contributed by atoms with Gasteiger partial charge in [-0.1, -0.05) is 6.07 Å². The lowest BCUT2D eigenvalue weighted by atomic mass is 9.92. The summed E-state index contributed by atoms with van der Waals surface area (Å²) in [5.41, 5.74) is -4.19. The summed E-state index contributed by atoms with van der Waals surface area (Å²) in [4.78, 5) is 7.12. The lowest BCUT2D eigenvalue weighted by Crippen LogP contribution is -2.16. The Labute approximate surface area is 156 Å². The molecule has 0 aliphatic heterocycles. The highest BCUT2D eigenvalue weighted by Crippen LogP contribution is 2.45. The van der Waals surface area contributed by atoms with Gasteiger partial charge in [0.05, 0.1) is 25.4 Å². The largest absolute Gasteiger partial charge is 0.493 e. The van der Waals surface area contributed by atoms with E-state index in [1.165, 1.54) is 17.8 Å². The van der Waals surface area contributed by atoms with Gasteiger partial charge in [0.25, 0.3) is 0 Å². The van der Waals surface area contributed by atoms with Crippen molar-refractivity contribution in [3.63, 3.8) is 0 Å². The van der Waals surface area contributed by atoms with Gasteiger partial charge in [0, 0.05) is 5.56 Å². The summed E-state index contributed by atoms with van der Waals surface area (Å²) in [6.45, 7) is 2.42. The first-order chi connectivity index (χ1) is 12.7. The van der Waals surface area contributed by atoms with Crippen LogP contribution >= 0.6 is 0 Å². The zero-order valence-corrected chi connectivity index (χ0v) is 15.3. The SMILES string of the molecule is Cc1ccc(C(F)(F)F)c(C)c1-c1nc(NC=[N+](C)C)nc(O)c1C(F)(F)F. The molecule has 0 aliphatic rings. The topological polar surface area (TPSA) is 61.0 Å². The van der Waals surface area contributed by atoms with Gasteiger partial charge in [-0.05, 0) is 31.0 Å². The lowest BCUT2D eigenvalue weighted by Gasteiger charge is -2.19. The van der Waals surface area contributed by atoms with Gasteiger partial charge in [0.1, 0.15) is 5.56 Å². The number of nitrogens with zero attached hydrogens (tertiary/aromatic N) is 3. The molecule has 0 saturated heterocycles. The van der Waals surface area contributed by atoms with Crippen LogP contribution in [0.3, 0.4) is 0 Å². The molecule has 1 aromatic carbocycles. The third-order valence-electron chi connectivity index (χ3n) is 3.84. The van der Waals surface area contributed by atoms with E-state index in [4.69, 9.17) is 0 Å². The van der Waals surface area contributed by atoms with Gasteiger partial charge in [-0.3, -0.25) is 4.58 Å². The van der Waals surface area contributed by atoms with Crippen molar-refractivity contribution >= 4 is 12.3 Å². The average Bonchev–Trinajstić information content (AvgIpc) is 2.49. The minimum atomic E-state index is -5.09. The maximum absolute atomic E-state index is 13.5. The molecule has 0 spiro atoms. The minimum absolute atomic E-state index is 0.136. The molecule has 11 heteroatoms. The molecule has 0 radical (unpaired) electrons. The summed E-state index contributed by atoms with van der Waals surface area (Å²) in [5.74, 6) is -1.78. The number of anilines is 1. The highest BCUT2D eigenvalue weighted by molar-refractivity contribution is 5.76. The molecule has 0 aliphatic carbocycles. The van der Waals surface area contributed by atoms with Crippen molar-refractivity contribution < 1.29 is 36.0 Å². The van der Waals surface area contributed by atoms with E-state index in [0.29, 0.717) is 0 Å². The van der Waals surface area contributed by atoms with E-state index in [1.54, 1.807) is 14.1 Å². The summed E-state index contributed by atoms with van der Waals surface area (Å²) in [6.07, 6.45) is -8.55. The second-order valence-corrected chi connectivity index (χ2v) is 6.26. The number of rotatable bonds is 3. The summed E-state index contributed by atoms with van der Waals surface area (Å²) in [5, 5.41) is 12.4. The first-order valence-corrected chi connectivity index (χ1v) is 7.85. The average molecular weight is 407 g/mol. The molecule has 0 unspecified atom stereocenters. The van der Waals surface area contributed by atoms with Crippen LogP contribution < -0.4 is 5.32 Å². The van der Waals surface area contributed by atoms with Crippen LogP contribution in [0.2, 0.25) is 0 Å². The van der Waals surface area contributed by atoms with Crippen LogP contribution in [-0.4, -0.2) is 40.1 Å². The van der Waals surface area contributed by atoms with Crippen molar-refractivity contribution in [2.24, 2.45) is 0 Å². The molecule has 152 valence electrons. The Morgan fingerprint density at radius 3 is 2.11 bits per heavy atom. The maximum atomic E-state index is 13.5. The van der Waals surface area contributed by atoms with Crippen LogP contribution in [0.1, 0.15) is 22.3 Å². The van der Waals surface area contributed by atoms with E-state index in [2.05, 4.69) is 15.3 Å². The number of aromatic hydroxyl groups is 1. The standard InChI is InChI=1S/C17H16F6N4O/c1-8-5-6-10(16(18,19)20)9(2)11(8)13-12(17(21,22)23)14(28)26-15(25-13)24-7-27(3)4/h5-7H,1-4H3,(H,25,26,28)/p+1. The second kappa shape index (κ2) is 7.28. The number of hydrogen-bond donors (Lipinski definition) is 2. The van der Waals surface area contributed by atoms with Gasteiger partial charge in [-0.25, -0.2) is 5.32 Å². The predicted molar refractivity (Wildman–Crippen MR) is 90.4 cm³/mol. The fraction of sp³-hybridized carbons (Fsp3) is 0.353. The molecule has 1 heterocycles. The number of benzene rings is 1. The molecule has 2 rings (SSSR count). The molecule has 28 heavy (non-hydrogen) atoms. The van der Waals surface area contributed by atoms with Crippen LogP contribution in [0.4, 0.5) is 32.3 Å². The first-order valence-electron chi connectivity index (χ1n) is 7.85. The van der Waals surface area contributed by atoms with Crippen molar-refractivity contribution in [3.05, 3.63) is 34.4 Å². The molecule has 0 fully saturated rings. The van der Waals surface area contributed by atoms with Gasteiger partial charge in [-0.2, -0.15) is 36.3 Å². The van der Waals surface area contributed by atoms with E-state index in [1.807, 2.05) is 0 Å².